The molecule has 0 aliphatic heterocycles. The van der Waals surface area contributed by atoms with Crippen molar-refractivity contribution < 1.29 is 14.4 Å². The molecule has 3 N–H and O–H groups in total. The largest absolute Gasteiger partial charge is 0.345 e. The van der Waals surface area contributed by atoms with Crippen LogP contribution in [0.5, 0.6) is 0 Å². The van der Waals surface area contributed by atoms with Crippen LogP contribution in [0.4, 0.5) is 0 Å². The topological polar surface area (TPSA) is 136 Å². The first-order chi connectivity index (χ1) is 10.8. The fraction of sp³-hybridized carbons (Fsp3) is 0.0714. The minimum atomic E-state index is -4.60. The van der Waals surface area contributed by atoms with Gasteiger partial charge < -0.3 is 14.8 Å². The zero-order valence-corrected chi connectivity index (χ0v) is 12.4. The van der Waals surface area contributed by atoms with Gasteiger partial charge in [0.2, 0.25) is 0 Å². The number of aromatic nitrogens is 2. The Morgan fingerprint density at radius 2 is 1.87 bits per heavy atom. The van der Waals surface area contributed by atoms with Crippen molar-refractivity contribution >= 4 is 29.4 Å². The third-order valence-corrected chi connectivity index (χ3v) is 4.09. The molecule has 0 radical (unpaired) electrons. The molecule has 0 bridgehead atoms. The Morgan fingerprint density at radius 1 is 1.22 bits per heavy atom. The Labute approximate surface area is 128 Å². The van der Waals surface area contributed by atoms with Crippen LogP contribution in [0, 0.1) is 11.3 Å². The number of nitrogens with zero attached hydrogens (tertiary/aromatic N) is 2. The number of nitriles is 1. The molecule has 8 nitrogen and oxygen atoms in total. The summed E-state index contributed by atoms with van der Waals surface area (Å²) in [5.74, 6) is 0. The first-order valence-corrected chi connectivity index (χ1v) is 8.25. The fourth-order valence-electron chi connectivity index (χ4n) is 2.52. The van der Waals surface area contributed by atoms with E-state index in [0.717, 1.165) is 0 Å². The molecule has 3 rings (SSSR count). The van der Waals surface area contributed by atoms with Gasteiger partial charge in [0, 0.05) is 10.8 Å². The van der Waals surface area contributed by atoms with Crippen LogP contribution in [0.2, 0.25) is 0 Å². The van der Waals surface area contributed by atoms with E-state index in [1.54, 1.807) is 24.3 Å². The molecule has 116 valence electrons. The average molecular weight is 331 g/mol. The lowest BCUT2D eigenvalue weighted by Crippen LogP contribution is -2.36. The SMILES string of the molecule is N#Cc1cc2c([nH]c(=O)c(=O)n2CP(=O)(O)O)c2ccccc12. The first kappa shape index (κ1) is 15.2. The minimum absolute atomic E-state index is 0.0909. The van der Waals surface area contributed by atoms with E-state index in [9.17, 15) is 19.4 Å². The molecule has 0 atom stereocenters. The molecular formula is C14H10N3O5P. The van der Waals surface area contributed by atoms with E-state index >= 15 is 0 Å². The van der Waals surface area contributed by atoms with Crippen molar-refractivity contribution in [3.05, 3.63) is 56.6 Å². The Balaban J connectivity index is 2.59. The standard InChI is InChI=1S/C14H10N3O5P/c15-6-8-5-11-12(10-4-2-1-3-9(8)10)16-13(18)14(19)17(11)7-23(20,21)22/h1-5H,7H2,(H,16,18)(H2,20,21,22). The fourth-order valence-corrected chi connectivity index (χ4v) is 3.17. The van der Waals surface area contributed by atoms with Crippen molar-refractivity contribution in [3.63, 3.8) is 0 Å². The first-order valence-electron chi connectivity index (χ1n) is 6.45. The van der Waals surface area contributed by atoms with Crippen molar-refractivity contribution in [2.24, 2.45) is 0 Å². The van der Waals surface area contributed by atoms with E-state index in [1.807, 2.05) is 6.07 Å². The summed E-state index contributed by atoms with van der Waals surface area (Å²) < 4.78 is 12.0. The zero-order chi connectivity index (χ0) is 16.8. The van der Waals surface area contributed by atoms with Crippen molar-refractivity contribution in [3.8, 4) is 6.07 Å². The predicted molar refractivity (Wildman–Crippen MR) is 83.1 cm³/mol. The molecule has 23 heavy (non-hydrogen) atoms. The highest BCUT2D eigenvalue weighted by molar-refractivity contribution is 7.50. The van der Waals surface area contributed by atoms with Gasteiger partial charge in [0.1, 0.15) is 6.29 Å². The minimum Gasteiger partial charge on any atom is -0.323 e. The van der Waals surface area contributed by atoms with Gasteiger partial charge in [-0.1, -0.05) is 24.3 Å². The third kappa shape index (κ3) is 2.58. The summed E-state index contributed by atoms with van der Waals surface area (Å²) in [7, 11) is -4.60. The Bertz CT molecular complexity index is 1150. The molecule has 9 heteroatoms. The lowest BCUT2D eigenvalue weighted by atomic mass is 10.0. The van der Waals surface area contributed by atoms with E-state index in [1.165, 1.54) is 6.07 Å². The van der Waals surface area contributed by atoms with Crippen molar-refractivity contribution in [2.75, 3.05) is 0 Å². The molecular weight excluding hydrogens is 321 g/mol. The summed E-state index contributed by atoms with van der Waals surface area (Å²) in [5, 5.41) is 10.4. The monoisotopic (exact) mass is 331 g/mol. The van der Waals surface area contributed by atoms with Crippen LogP contribution in [-0.2, 0) is 10.9 Å². The number of hydrogen-bond acceptors (Lipinski definition) is 4. The second-order valence-electron chi connectivity index (χ2n) is 4.97. The van der Waals surface area contributed by atoms with Gasteiger partial charge in [0.15, 0.2) is 0 Å². The van der Waals surface area contributed by atoms with Gasteiger partial charge in [0.05, 0.1) is 22.7 Å². The van der Waals surface area contributed by atoms with Gasteiger partial charge in [-0.2, -0.15) is 5.26 Å². The normalized spacial score (nSPS) is 11.7. The van der Waals surface area contributed by atoms with Gasteiger partial charge >= 0.3 is 18.7 Å². The molecule has 0 amide bonds. The molecule has 0 aliphatic carbocycles. The molecule has 2 aromatic carbocycles. The summed E-state index contributed by atoms with van der Waals surface area (Å²) >= 11 is 0. The Hall–Kier alpha value is -2.72. The van der Waals surface area contributed by atoms with Crippen LogP contribution in [0.3, 0.4) is 0 Å². The summed E-state index contributed by atoms with van der Waals surface area (Å²) in [6.45, 7) is 0. The van der Waals surface area contributed by atoms with E-state index in [-0.39, 0.29) is 16.6 Å². The maximum absolute atomic E-state index is 12.0. The van der Waals surface area contributed by atoms with Crippen LogP contribution in [0.25, 0.3) is 21.8 Å². The highest BCUT2D eigenvalue weighted by atomic mass is 31.2. The number of H-pyrrole nitrogens is 1. The number of aromatic amines is 1. The molecule has 1 aromatic heterocycles. The molecule has 0 aliphatic rings. The van der Waals surface area contributed by atoms with Gasteiger partial charge in [-0.05, 0) is 6.07 Å². The van der Waals surface area contributed by atoms with E-state index in [2.05, 4.69) is 4.98 Å². The quantitative estimate of drug-likeness (QED) is 0.362. The predicted octanol–water partition coefficient (Wildman–Crippen LogP) is 0.850. The smallest absolute Gasteiger partial charge is 0.323 e. The van der Waals surface area contributed by atoms with Gasteiger partial charge in [-0.3, -0.25) is 18.7 Å². The summed E-state index contributed by atoms with van der Waals surface area (Å²) in [6, 6.07) is 10.1. The molecule has 0 saturated heterocycles. The second kappa shape index (κ2) is 5.18. The van der Waals surface area contributed by atoms with Gasteiger partial charge in [0.25, 0.3) is 0 Å². The van der Waals surface area contributed by atoms with Crippen molar-refractivity contribution in [1.82, 2.24) is 9.55 Å². The van der Waals surface area contributed by atoms with Gasteiger partial charge in [-0.25, -0.2) is 0 Å². The number of hydrogen-bond donors (Lipinski definition) is 3. The molecule has 0 saturated carbocycles. The maximum atomic E-state index is 12.0. The lowest BCUT2D eigenvalue weighted by molar-refractivity contribution is 0.362. The molecule has 0 spiro atoms. The van der Waals surface area contributed by atoms with Crippen LogP contribution < -0.4 is 11.1 Å². The van der Waals surface area contributed by atoms with Crippen LogP contribution in [0.1, 0.15) is 5.56 Å². The highest BCUT2D eigenvalue weighted by Crippen LogP contribution is 2.37. The van der Waals surface area contributed by atoms with Crippen LogP contribution in [0.15, 0.2) is 39.9 Å². The van der Waals surface area contributed by atoms with Crippen molar-refractivity contribution in [2.45, 2.75) is 6.29 Å². The molecule has 1 heterocycles. The molecule has 0 unspecified atom stereocenters. The Morgan fingerprint density at radius 3 is 2.48 bits per heavy atom. The summed E-state index contributed by atoms with van der Waals surface area (Å²) in [6.07, 6.45) is -0.935. The number of fused-ring (bicyclic) bond motifs is 3. The lowest BCUT2D eigenvalue weighted by Gasteiger charge is -2.13. The summed E-state index contributed by atoms with van der Waals surface area (Å²) in [4.78, 5) is 44.6. The van der Waals surface area contributed by atoms with E-state index in [0.29, 0.717) is 15.3 Å². The van der Waals surface area contributed by atoms with Crippen molar-refractivity contribution in [1.29, 1.82) is 5.26 Å². The average Bonchev–Trinajstić information content (AvgIpc) is 2.50. The summed E-state index contributed by atoms with van der Waals surface area (Å²) in [5.41, 5.74) is -1.49. The second-order valence-corrected chi connectivity index (χ2v) is 6.58. The van der Waals surface area contributed by atoms with Crippen LogP contribution >= 0.6 is 7.60 Å². The number of benzene rings is 2. The van der Waals surface area contributed by atoms with E-state index in [4.69, 9.17) is 9.79 Å². The Kier molecular flexibility index (Phi) is 3.42. The molecule has 3 aromatic rings. The maximum Gasteiger partial charge on any atom is 0.345 e. The van der Waals surface area contributed by atoms with Gasteiger partial charge in [-0.15, -0.1) is 0 Å². The third-order valence-electron chi connectivity index (χ3n) is 3.44. The van der Waals surface area contributed by atoms with Crippen LogP contribution in [-0.4, -0.2) is 19.3 Å². The number of rotatable bonds is 2. The van der Waals surface area contributed by atoms with E-state index < -0.39 is 25.0 Å². The zero-order valence-electron chi connectivity index (χ0n) is 11.6. The highest BCUT2D eigenvalue weighted by Gasteiger charge is 2.20. The molecule has 0 fully saturated rings. The number of nitrogens with one attached hydrogen (secondary N) is 1.